The van der Waals surface area contributed by atoms with Crippen molar-refractivity contribution in [2.75, 3.05) is 19.0 Å². The number of nitrogens with zero attached hydrogens (tertiary/aromatic N) is 6. The molecule has 0 radical (unpaired) electrons. The van der Waals surface area contributed by atoms with E-state index in [-0.39, 0.29) is 0 Å². The Balaban J connectivity index is 1.44. The van der Waals surface area contributed by atoms with Crippen molar-refractivity contribution < 1.29 is 4.74 Å². The molecular formula is C22H28N8O. The average molecular weight is 421 g/mol. The molecule has 0 spiro atoms. The molecule has 31 heavy (non-hydrogen) atoms. The Morgan fingerprint density at radius 2 is 2.00 bits per heavy atom. The molecule has 0 bridgehead atoms. The van der Waals surface area contributed by atoms with E-state index in [1.807, 2.05) is 42.0 Å². The standard InChI is InChI=1S/C22H28N8O/c1-14-25-19-8-7-18(27-21(19)29(14)11-12-31-2)17-9-10-30-20(17)13-24-22(28-30)26-16-5-3-15(23)4-6-16/h7-10,13,15-16H,3-6,11-12,23H2,1-2H3,(H,26,28)/t15-,16+. The maximum atomic E-state index is 6.01. The minimum Gasteiger partial charge on any atom is -0.383 e. The number of rotatable bonds is 6. The summed E-state index contributed by atoms with van der Waals surface area (Å²) in [7, 11) is 1.70. The second-order valence-electron chi connectivity index (χ2n) is 8.24. The molecule has 1 aliphatic carbocycles. The number of ether oxygens (including phenoxy) is 1. The van der Waals surface area contributed by atoms with Crippen molar-refractivity contribution in [1.82, 2.24) is 29.1 Å². The van der Waals surface area contributed by atoms with E-state index in [1.165, 1.54) is 0 Å². The van der Waals surface area contributed by atoms with Crippen molar-refractivity contribution in [2.45, 2.75) is 51.2 Å². The normalized spacial score (nSPS) is 19.3. The van der Waals surface area contributed by atoms with Crippen LogP contribution in [0.3, 0.4) is 0 Å². The third kappa shape index (κ3) is 3.86. The monoisotopic (exact) mass is 420 g/mol. The molecule has 3 N–H and O–H groups in total. The molecule has 4 aromatic rings. The van der Waals surface area contributed by atoms with E-state index in [1.54, 1.807) is 7.11 Å². The van der Waals surface area contributed by atoms with Gasteiger partial charge in [-0.1, -0.05) is 0 Å². The number of aryl methyl sites for hydroxylation is 1. The van der Waals surface area contributed by atoms with Gasteiger partial charge in [0, 0.05) is 37.5 Å². The fourth-order valence-electron chi connectivity index (χ4n) is 4.34. The molecule has 1 saturated carbocycles. The fraction of sp³-hybridized carbons (Fsp3) is 0.455. The summed E-state index contributed by atoms with van der Waals surface area (Å²) in [6.07, 6.45) is 8.01. The fourth-order valence-corrected chi connectivity index (χ4v) is 4.34. The van der Waals surface area contributed by atoms with Crippen molar-refractivity contribution in [3.8, 4) is 11.3 Å². The van der Waals surface area contributed by atoms with Crippen molar-refractivity contribution in [1.29, 1.82) is 0 Å². The van der Waals surface area contributed by atoms with Crippen LogP contribution in [0.2, 0.25) is 0 Å². The van der Waals surface area contributed by atoms with E-state index in [9.17, 15) is 0 Å². The lowest BCUT2D eigenvalue weighted by Crippen LogP contribution is -2.33. The molecule has 0 aliphatic heterocycles. The lowest BCUT2D eigenvalue weighted by molar-refractivity contribution is 0.187. The number of anilines is 1. The smallest absolute Gasteiger partial charge is 0.241 e. The predicted octanol–water partition coefficient (Wildman–Crippen LogP) is 2.78. The topological polar surface area (TPSA) is 108 Å². The number of hydrogen-bond donors (Lipinski definition) is 2. The number of hydrogen-bond acceptors (Lipinski definition) is 7. The van der Waals surface area contributed by atoms with E-state index in [0.717, 1.165) is 66.0 Å². The van der Waals surface area contributed by atoms with Crippen LogP contribution in [0.4, 0.5) is 5.95 Å². The Morgan fingerprint density at radius 3 is 2.81 bits per heavy atom. The van der Waals surface area contributed by atoms with E-state index >= 15 is 0 Å². The van der Waals surface area contributed by atoms with Crippen LogP contribution in [-0.2, 0) is 11.3 Å². The second kappa shape index (κ2) is 8.24. The van der Waals surface area contributed by atoms with Gasteiger partial charge in [-0.2, -0.15) is 0 Å². The Bertz CT molecular complexity index is 1210. The maximum absolute atomic E-state index is 6.01. The van der Waals surface area contributed by atoms with E-state index in [0.29, 0.717) is 24.6 Å². The van der Waals surface area contributed by atoms with Crippen LogP contribution in [0.5, 0.6) is 0 Å². The van der Waals surface area contributed by atoms with Gasteiger partial charge in [0.1, 0.15) is 11.3 Å². The summed E-state index contributed by atoms with van der Waals surface area (Å²) in [5.41, 5.74) is 10.5. The first-order valence-corrected chi connectivity index (χ1v) is 10.8. The van der Waals surface area contributed by atoms with Crippen LogP contribution in [0.15, 0.2) is 30.6 Å². The number of fused-ring (bicyclic) bond motifs is 2. The van der Waals surface area contributed by atoms with Crippen LogP contribution in [0, 0.1) is 6.92 Å². The Labute approximate surface area is 180 Å². The van der Waals surface area contributed by atoms with Gasteiger partial charge in [0.2, 0.25) is 5.95 Å². The number of imidazole rings is 1. The van der Waals surface area contributed by atoms with Crippen LogP contribution >= 0.6 is 0 Å². The highest BCUT2D eigenvalue weighted by molar-refractivity contribution is 5.82. The van der Waals surface area contributed by atoms with Gasteiger partial charge < -0.3 is 20.4 Å². The van der Waals surface area contributed by atoms with Crippen LogP contribution in [-0.4, -0.2) is 54.9 Å². The number of nitrogens with two attached hydrogens (primary N) is 1. The van der Waals surface area contributed by atoms with Gasteiger partial charge in [-0.3, -0.25) is 0 Å². The summed E-state index contributed by atoms with van der Waals surface area (Å²) in [5.74, 6) is 1.58. The van der Waals surface area contributed by atoms with Gasteiger partial charge in [-0.15, -0.1) is 5.10 Å². The molecule has 162 valence electrons. The van der Waals surface area contributed by atoms with Crippen LogP contribution in [0.1, 0.15) is 31.5 Å². The molecule has 4 heterocycles. The first-order valence-electron chi connectivity index (χ1n) is 10.8. The third-order valence-electron chi connectivity index (χ3n) is 6.10. The zero-order chi connectivity index (χ0) is 21.4. The van der Waals surface area contributed by atoms with Gasteiger partial charge >= 0.3 is 0 Å². The quantitative estimate of drug-likeness (QED) is 0.494. The maximum Gasteiger partial charge on any atom is 0.241 e. The van der Waals surface area contributed by atoms with Crippen LogP contribution < -0.4 is 11.1 Å². The highest BCUT2D eigenvalue weighted by atomic mass is 16.5. The van der Waals surface area contributed by atoms with Crippen molar-refractivity contribution in [3.63, 3.8) is 0 Å². The molecule has 0 amide bonds. The molecule has 1 fully saturated rings. The number of aromatic nitrogens is 6. The summed E-state index contributed by atoms with van der Waals surface area (Å²) in [6.45, 7) is 3.33. The summed E-state index contributed by atoms with van der Waals surface area (Å²) >= 11 is 0. The molecule has 0 aromatic carbocycles. The van der Waals surface area contributed by atoms with E-state index < -0.39 is 0 Å². The highest BCUT2D eigenvalue weighted by Crippen LogP contribution is 2.27. The minimum absolute atomic E-state index is 0.327. The van der Waals surface area contributed by atoms with Gasteiger partial charge in [0.25, 0.3) is 0 Å². The molecule has 0 saturated heterocycles. The summed E-state index contributed by atoms with van der Waals surface area (Å²) in [4.78, 5) is 14.1. The van der Waals surface area contributed by atoms with Gasteiger partial charge in [0.15, 0.2) is 5.65 Å². The number of methoxy groups -OCH3 is 1. The molecular weight excluding hydrogens is 392 g/mol. The number of nitrogens with one attached hydrogen (secondary N) is 1. The summed E-state index contributed by atoms with van der Waals surface area (Å²) in [6, 6.07) is 6.76. The molecule has 4 aromatic heterocycles. The zero-order valence-electron chi connectivity index (χ0n) is 18.0. The largest absolute Gasteiger partial charge is 0.383 e. The molecule has 5 rings (SSSR count). The number of pyridine rings is 1. The van der Waals surface area contributed by atoms with Crippen LogP contribution in [0.25, 0.3) is 27.9 Å². The average Bonchev–Trinajstić information content (AvgIpc) is 3.33. The Kier molecular flexibility index (Phi) is 5.29. The summed E-state index contributed by atoms with van der Waals surface area (Å²) < 4.78 is 9.19. The van der Waals surface area contributed by atoms with Crippen molar-refractivity contribution >= 4 is 22.6 Å². The van der Waals surface area contributed by atoms with E-state index in [4.69, 9.17) is 15.5 Å². The first-order chi connectivity index (χ1) is 15.1. The summed E-state index contributed by atoms with van der Waals surface area (Å²) in [5, 5.41) is 8.12. The van der Waals surface area contributed by atoms with Crippen molar-refractivity contribution in [3.05, 3.63) is 36.4 Å². The lowest BCUT2D eigenvalue weighted by Gasteiger charge is -2.26. The molecule has 9 heteroatoms. The molecule has 0 unspecified atom stereocenters. The van der Waals surface area contributed by atoms with Gasteiger partial charge in [-0.05, 0) is 50.8 Å². The van der Waals surface area contributed by atoms with Gasteiger partial charge in [-0.25, -0.2) is 19.5 Å². The molecule has 0 atom stereocenters. The zero-order valence-corrected chi connectivity index (χ0v) is 18.0. The second-order valence-corrected chi connectivity index (χ2v) is 8.24. The van der Waals surface area contributed by atoms with E-state index in [2.05, 4.69) is 25.0 Å². The predicted molar refractivity (Wildman–Crippen MR) is 120 cm³/mol. The minimum atomic E-state index is 0.327. The highest BCUT2D eigenvalue weighted by Gasteiger charge is 2.19. The Hall–Kier alpha value is -3.04. The lowest BCUT2D eigenvalue weighted by atomic mass is 9.92. The SMILES string of the molecule is COCCn1c(C)nc2ccc(-c3ccn4nc(N[C@H]5CC[C@@H](N)CC5)ncc34)nc21. The first kappa shape index (κ1) is 19.9. The molecule has 9 nitrogen and oxygen atoms in total. The third-order valence-corrected chi connectivity index (χ3v) is 6.10. The van der Waals surface area contributed by atoms with Crippen molar-refractivity contribution in [2.24, 2.45) is 5.73 Å². The molecule has 1 aliphatic rings. The van der Waals surface area contributed by atoms with Gasteiger partial charge in [0.05, 0.1) is 24.0 Å². The Morgan fingerprint density at radius 1 is 1.16 bits per heavy atom.